The number of carbonyl (C=O) groups excluding carboxylic acids is 1. The molecule has 0 amide bonds. The van der Waals surface area contributed by atoms with Gasteiger partial charge in [0.2, 0.25) is 0 Å². The first-order valence-electron chi connectivity index (χ1n) is 6.90. The van der Waals surface area contributed by atoms with E-state index in [1.54, 1.807) is 0 Å². The van der Waals surface area contributed by atoms with E-state index in [1.165, 1.54) is 0 Å². The van der Waals surface area contributed by atoms with Crippen molar-refractivity contribution in [1.29, 1.82) is 0 Å². The summed E-state index contributed by atoms with van der Waals surface area (Å²) in [4.78, 5) is 11.8. The monoisotopic (exact) mass is 340 g/mol. The van der Waals surface area contributed by atoms with Gasteiger partial charge in [-0.05, 0) is 50.8 Å². The third-order valence-electron chi connectivity index (χ3n) is 3.15. The lowest BCUT2D eigenvalue weighted by Crippen LogP contribution is -2.25. The minimum absolute atomic E-state index is 0.0270. The molecule has 1 aliphatic rings. The third kappa shape index (κ3) is 4.91. The van der Waals surface area contributed by atoms with Gasteiger partial charge in [0.25, 0.3) is 0 Å². The molecule has 0 saturated heterocycles. The molecule has 2 atom stereocenters. The largest absolute Gasteiger partial charge is 0.460 e. The van der Waals surface area contributed by atoms with Crippen molar-refractivity contribution in [2.24, 2.45) is 11.8 Å². The summed E-state index contributed by atoms with van der Waals surface area (Å²) in [5, 5.41) is 0. The number of ether oxygens (including phenoxy) is 2. The van der Waals surface area contributed by atoms with Gasteiger partial charge in [-0.3, -0.25) is 4.79 Å². The van der Waals surface area contributed by atoms with Crippen molar-refractivity contribution >= 4 is 21.9 Å². The van der Waals surface area contributed by atoms with Crippen LogP contribution in [0.5, 0.6) is 0 Å². The highest BCUT2D eigenvalue weighted by atomic mass is 79.9. The molecule has 1 aliphatic carbocycles. The second-order valence-corrected chi connectivity index (χ2v) is 7.19. The van der Waals surface area contributed by atoms with Crippen LogP contribution in [-0.2, 0) is 20.9 Å². The van der Waals surface area contributed by atoms with Gasteiger partial charge in [-0.1, -0.05) is 28.1 Å². The SMILES string of the molecule is CC(C)(C)OC(=O)C1CC1COCc1ccc(Br)cc1. The van der Waals surface area contributed by atoms with Crippen LogP contribution < -0.4 is 0 Å². The van der Waals surface area contributed by atoms with Gasteiger partial charge < -0.3 is 9.47 Å². The lowest BCUT2D eigenvalue weighted by atomic mass is 10.2. The molecular weight excluding hydrogens is 320 g/mol. The number of hydrogen-bond acceptors (Lipinski definition) is 3. The highest BCUT2D eigenvalue weighted by Gasteiger charge is 2.45. The van der Waals surface area contributed by atoms with Gasteiger partial charge in [-0.15, -0.1) is 0 Å². The van der Waals surface area contributed by atoms with E-state index in [4.69, 9.17) is 9.47 Å². The van der Waals surface area contributed by atoms with Crippen LogP contribution >= 0.6 is 15.9 Å². The van der Waals surface area contributed by atoms with E-state index in [0.29, 0.717) is 19.1 Å². The van der Waals surface area contributed by atoms with Crippen molar-refractivity contribution in [1.82, 2.24) is 0 Å². The molecule has 2 unspecified atom stereocenters. The molecule has 0 heterocycles. The van der Waals surface area contributed by atoms with E-state index in [-0.39, 0.29) is 11.9 Å². The van der Waals surface area contributed by atoms with Crippen molar-refractivity contribution in [3.05, 3.63) is 34.3 Å². The van der Waals surface area contributed by atoms with Crippen LogP contribution in [0, 0.1) is 11.8 Å². The molecule has 110 valence electrons. The quantitative estimate of drug-likeness (QED) is 0.761. The predicted molar refractivity (Wildman–Crippen MR) is 81.2 cm³/mol. The van der Waals surface area contributed by atoms with Gasteiger partial charge in [0.15, 0.2) is 0 Å². The van der Waals surface area contributed by atoms with Gasteiger partial charge in [0, 0.05) is 4.47 Å². The Hall–Kier alpha value is -0.870. The Kier molecular flexibility index (Phi) is 4.86. The maximum atomic E-state index is 11.8. The standard InChI is InChI=1S/C16H21BrO3/c1-16(2,3)20-15(18)14-8-12(14)10-19-9-11-4-6-13(17)7-5-11/h4-7,12,14H,8-10H2,1-3H3. The molecule has 0 N–H and O–H groups in total. The van der Waals surface area contributed by atoms with Crippen LogP contribution in [0.15, 0.2) is 28.7 Å². The fraction of sp³-hybridized carbons (Fsp3) is 0.562. The molecule has 1 aromatic carbocycles. The Labute approximate surface area is 128 Å². The van der Waals surface area contributed by atoms with Crippen molar-refractivity contribution in [2.45, 2.75) is 39.4 Å². The lowest BCUT2D eigenvalue weighted by Gasteiger charge is -2.19. The molecule has 2 rings (SSSR count). The minimum Gasteiger partial charge on any atom is -0.460 e. The van der Waals surface area contributed by atoms with Gasteiger partial charge in [-0.2, -0.15) is 0 Å². The summed E-state index contributed by atoms with van der Waals surface area (Å²) in [6.07, 6.45) is 0.884. The third-order valence-corrected chi connectivity index (χ3v) is 3.67. The summed E-state index contributed by atoms with van der Waals surface area (Å²) < 4.78 is 12.1. The molecule has 0 aliphatic heterocycles. The van der Waals surface area contributed by atoms with E-state index < -0.39 is 5.60 Å². The molecule has 0 spiro atoms. The number of hydrogen-bond donors (Lipinski definition) is 0. The number of carbonyl (C=O) groups is 1. The maximum Gasteiger partial charge on any atom is 0.309 e. The van der Waals surface area contributed by atoms with Crippen LogP contribution in [0.2, 0.25) is 0 Å². The highest BCUT2D eigenvalue weighted by molar-refractivity contribution is 9.10. The molecule has 4 heteroatoms. The Bertz CT molecular complexity index is 462. The van der Waals surface area contributed by atoms with E-state index in [1.807, 2.05) is 45.0 Å². The van der Waals surface area contributed by atoms with E-state index in [9.17, 15) is 4.79 Å². The van der Waals surface area contributed by atoms with Gasteiger partial charge in [0.1, 0.15) is 5.60 Å². The fourth-order valence-corrected chi connectivity index (χ4v) is 2.27. The van der Waals surface area contributed by atoms with Crippen LogP contribution in [0.1, 0.15) is 32.8 Å². The summed E-state index contributed by atoms with van der Waals surface area (Å²) in [6.45, 7) is 6.90. The maximum absolute atomic E-state index is 11.8. The number of rotatable bonds is 5. The first-order chi connectivity index (χ1) is 9.35. The first kappa shape index (κ1) is 15.5. The highest BCUT2D eigenvalue weighted by Crippen LogP contribution is 2.40. The van der Waals surface area contributed by atoms with Crippen LogP contribution in [0.4, 0.5) is 0 Å². The zero-order chi connectivity index (χ0) is 14.8. The van der Waals surface area contributed by atoms with Crippen LogP contribution in [0.25, 0.3) is 0 Å². The minimum atomic E-state index is -0.400. The van der Waals surface area contributed by atoms with E-state index >= 15 is 0 Å². The lowest BCUT2D eigenvalue weighted by molar-refractivity contribution is -0.157. The van der Waals surface area contributed by atoms with Gasteiger partial charge >= 0.3 is 5.97 Å². The zero-order valence-corrected chi connectivity index (χ0v) is 13.8. The number of halogens is 1. The van der Waals surface area contributed by atoms with Gasteiger partial charge in [-0.25, -0.2) is 0 Å². The number of esters is 1. The van der Waals surface area contributed by atoms with E-state index in [2.05, 4.69) is 15.9 Å². The summed E-state index contributed by atoms with van der Waals surface area (Å²) in [7, 11) is 0. The predicted octanol–water partition coefficient (Wildman–Crippen LogP) is 3.94. The molecular formula is C16H21BrO3. The molecule has 20 heavy (non-hydrogen) atoms. The second-order valence-electron chi connectivity index (χ2n) is 6.28. The summed E-state index contributed by atoms with van der Waals surface area (Å²) >= 11 is 3.40. The Balaban J connectivity index is 1.67. The Morgan fingerprint density at radius 2 is 1.95 bits per heavy atom. The molecule has 0 aromatic heterocycles. The summed E-state index contributed by atoms with van der Waals surface area (Å²) in [5.74, 6) is 0.259. The fourth-order valence-electron chi connectivity index (χ4n) is 2.01. The van der Waals surface area contributed by atoms with E-state index in [0.717, 1.165) is 16.5 Å². The zero-order valence-electron chi connectivity index (χ0n) is 12.2. The smallest absolute Gasteiger partial charge is 0.309 e. The van der Waals surface area contributed by atoms with Crippen LogP contribution in [0.3, 0.4) is 0 Å². The molecule has 0 radical (unpaired) electrons. The second kappa shape index (κ2) is 6.27. The molecule has 0 bridgehead atoms. The first-order valence-corrected chi connectivity index (χ1v) is 7.69. The Morgan fingerprint density at radius 1 is 1.30 bits per heavy atom. The van der Waals surface area contributed by atoms with Gasteiger partial charge in [0.05, 0.1) is 19.1 Å². The average Bonchev–Trinajstić information content (AvgIpc) is 3.09. The molecule has 3 nitrogen and oxygen atoms in total. The number of benzene rings is 1. The van der Waals surface area contributed by atoms with Crippen molar-refractivity contribution < 1.29 is 14.3 Å². The normalized spacial score (nSPS) is 21.6. The summed E-state index contributed by atoms with van der Waals surface area (Å²) in [6, 6.07) is 8.06. The van der Waals surface area contributed by atoms with Crippen molar-refractivity contribution in [3.63, 3.8) is 0 Å². The molecule has 1 aromatic rings. The summed E-state index contributed by atoms with van der Waals surface area (Å²) in [5.41, 5.74) is 0.741. The molecule has 1 saturated carbocycles. The topological polar surface area (TPSA) is 35.5 Å². The van der Waals surface area contributed by atoms with Crippen molar-refractivity contribution in [3.8, 4) is 0 Å². The van der Waals surface area contributed by atoms with Crippen molar-refractivity contribution in [2.75, 3.05) is 6.61 Å². The molecule has 1 fully saturated rings. The van der Waals surface area contributed by atoms with Crippen LogP contribution in [-0.4, -0.2) is 18.2 Å². The Morgan fingerprint density at radius 3 is 2.55 bits per heavy atom. The average molecular weight is 341 g/mol.